The minimum Gasteiger partial charge on any atom is -0.360 e. The summed E-state index contributed by atoms with van der Waals surface area (Å²) in [5.41, 5.74) is -2.15. The predicted octanol–water partition coefficient (Wildman–Crippen LogP) is 1.45. The molecule has 1 unspecified atom stereocenters. The minimum absolute atomic E-state index is 0.979. The second-order valence-electron chi connectivity index (χ2n) is 2.35. The van der Waals surface area contributed by atoms with Gasteiger partial charge in [-0.3, -0.25) is 4.99 Å². The zero-order valence-electron chi connectivity index (χ0n) is 5.81. The molecule has 2 nitrogen and oxygen atoms in total. The third kappa shape index (κ3) is 1.36. The van der Waals surface area contributed by atoms with Crippen LogP contribution in [-0.4, -0.2) is 18.1 Å². The number of rotatable bonds is 0. The largest absolute Gasteiger partial charge is 0.431 e. The fourth-order valence-electron chi connectivity index (χ4n) is 0.638. The molecule has 0 amide bonds. The number of alkyl halides is 3. The Morgan fingerprint density at radius 2 is 2.09 bits per heavy atom. The van der Waals surface area contributed by atoms with E-state index in [1.54, 1.807) is 0 Å². The highest BCUT2D eigenvalue weighted by Gasteiger charge is 2.51. The Morgan fingerprint density at radius 3 is 2.36 bits per heavy atom. The molecule has 0 aromatic rings. The number of halogens is 3. The lowest BCUT2D eigenvalue weighted by atomic mass is 10.2. The Hall–Kier alpha value is -1.00. The van der Waals surface area contributed by atoms with Crippen LogP contribution in [0.5, 0.6) is 0 Å². The van der Waals surface area contributed by atoms with Crippen LogP contribution in [-0.2, 0) is 0 Å². The van der Waals surface area contributed by atoms with E-state index >= 15 is 0 Å². The predicted molar refractivity (Wildman–Crippen MR) is 35.2 cm³/mol. The molecule has 0 saturated carbocycles. The molecule has 0 radical (unpaired) electrons. The molecule has 1 heterocycles. The summed E-state index contributed by atoms with van der Waals surface area (Å²) in [5, 5.41) is 2.13. The molecule has 1 rings (SSSR count). The molecule has 0 saturated heterocycles. The van der Waals surface area contributed by atoms with Gasteiger partial charge in [0.15, 0.2) is 0 Å². The topological polar surface area (TPSA) is 24.4 Å². The maximum absolute atomic E-state index is 12.1. The first-order chi connectivity index (χ1) is 4.96. The third-order valence-corrected chi connectivity index (χ3v) is 1.43. The summed E-state index contributed by atoms with van der Waals surface area (Å²) in [6.45, 7) is 0.979. The molecule has 1 aliphatic rings. The highest BCUT2D eigenvalue weighted by molar-refractivity contribution is 5.72. The SMILES string of the molecule is CC1(C(F)(F)F)N=CC=CN1. The Morgan fingerprint density at radius 1 is 1.45 bits per heavy atom. The van der Waals surface area contributed by atoms with Crippen LogP contribution < -0.4 is 5.32 Å². The molecular formula is C6H7F3N2. The van der Waals surface area contributed by atoms with Crippen LogP contribution in [0.25, 0.3) is 0 Å². The first-order valence-corrected chi connectivity index (χ1v) is 3.00. The van der Waals surface area contributed by atoms with Gasteiger partial charge in [-0.25, -0.2) is 0 Å². The second-order valence-corrected chi connectivity index (χ2v) is 2.35. The van der Waals surface area contributed by atoms with Crippen molar-refractivity contribution in [3.05, 3.63) is 12.3 Å². The van der Waals surface area contributed by atoms with Gasteiger partial charge in [-0.1, -0.05) is 0 Å². The summed E-state index contributed by atoms with van der Waals surface area (Å²) >= 11 is 0. The van der Waals surface area contributed by atoms with Crippen molar-refractivity contribution in [1.29, 1.82) is 0 Å². The Kier molecular flexibility index (Phi) is 1.66. The van der Waals surface area contributed by atoms with Crippen molar-refractivity contribution in [2.75, 3.05) is 0 Å². The van der Waals surface area contributed by atoms with Crippen molar-refractivity contribution in [3.63, 3.8) is 0 Å². The summed E-state index contributed by atoms with van der Waals surface area (Å²) in [7, 11) is 0. The van der Waals surface area contributed by atoms with E-state index in [2.05, 4.69) is 10.3 Å². The van der Waals surface area contributed by atoms with Crippen LogP contribution in [0, 0.1) is 0 Å². The molecule has 0 bridgehead atoms. The Labute approximate surface area is 61.8 Å². The van der Waals surface area contributed by atoms with Crippen LogP contribution >= 0.6 is 0 Å². The first-order valence-electron chi connectivity index (χ1n) is 3.00. The van der Waals surface area contributed by atoms with Gasteiger partial charge in [0.1, 0.15) is 0 Å². The van der Waals surface area contributed by atoms with Gasteiger partial charge in [0, 0.05) is 12.4 Å². The number of nitrogens with zero attached hydrogens (tertiary/aromatic N) is 1. The number of hydrogen-bond acceptors (Lipinski definition) is 2. The summed E-state index contributed by atoms with van der Waals surface area (Å²) in [5.74, 6) is 0. The van der Waals surface area contributed by atoms with E-state index in [-0.39, 0.29) is 0 Å². The lowest BCUT2D eigenvalue weighted by Gasteiger charge is -2.29. The number of allylic oxidation sites excluding steroid dienone is 1. The lowest BCUT2D eigenvalue weighted by molar-refractivity contribution is -0.185. The molecule has 0 aromatic carbocycles. The molecule has 5 heteroatoms. The monoisotopic (exact) mass is 164 g/mol. The summed E-state index contributed by atoms with van der Waals surface area (Å²) in [6, 6.07) is 0. The fourth-order valence-corrected chi connectivity index (χ4v) is 0.638. The van der Waals surface area contributed by atoms with E-state index in [1.165, 1.54) is 12.3 Å². The molecular weight excluding hydrogens is 157 g/mol. The van der Waals surface area contributed by atoms with Crippen LogP contribution in [0.15, 0.2) is 17.3 Å². The van der Waals surface area contributed by atoms with E-state index < -0.39 is 11.8 Å². The number of nitrogens with one attached hydrogen (secondary N) is 1. The number of hydrogen-bond donors (Lipinski definition) is 1. The van der Waals surface area contributed by atoms with E-state index in [4.69, 9.17) is 0 Å². The van der Waals surface area contributed by atoms with Gasteiger partial charge in [0.05, 0.1) is 0 Å². The fraction of sp³-hybridized carbons (Fsp3) is 0.500. The zero-order valence-corrected chi connectivity index (χ0v) is 5.81. The minimum atomic E-state index is -4.35. The van der Waals surface area contributed by atoms with Gasteiger partial charge in [-0.2, -0.15) is 13.2 Å². The van der Waals surface area contributed by atoms with Crippen molar-refractivity contribution < 1.29 is 13.2 Å². The van der Waals surface area contributed by atoms with E-state index in [0.717, 1.165) is 13.1 Å². The molecule has 1 atom stereocenters. The van der Waals surface area contributed by atoms with Crippen LogP contribution in [0.4, 0.5) is 13.2 Å². The second kappa shape index (κ2) is 2.25. The normalized spacial score (nSPS) is 30.2. The molecule has 0 fully saturated rings. The van der Waals surface area contributed by atoms with Gasteiger partial charge >= 0.3 is 6.18 Å². The Bertz CT molecular complexity index is 206. The van der Waals surface area contributed by atoms with Crippen molar-refractivity contribution in [3.8, 4) is 0 Å². The zero-order chi connectivity index (χ0) is 8.54. The van der Waals surface area contributed by atoms with Gasteiger partial charge in [0.25, 0.3) is 0 Å². The van der Waals surface area contributed by atoms with Crippen LogP contribution in [0.1, 0.15) is 6.92 Å². The van der Waals surface area contributed by atoms with Crippen molar-refractivity contribution >= 4 is 6.21 Å². The standard InChI is InChI=1S/C6H7F3N2/c1-5(6(7,8)9)10-3-2-4-11-5/h2-4,10H,1H3. The van der Waals surface area contributed by atoms with Crippen molar-refractivity contribution in [2.24, 2.45) is 4.99 Å². The Balaban J connectivity index is 2.84. The van der Waals surface area contributed by atoms with Crippen molar-refractivity contribution in [1.82, 2.24) is 5.32 Å². The van der Waals surface area contributed by atoms with Gasteiger partial charge < -0.3 is 5.32 Å². The van der Waals surface area contributed by atoms with E-state index in [0.29, 0.717) is 0 Å². The number of aliphatic imine (C=N–C) groups is 1. The van der Waals surface area contributed by atoms with E-state index in [9.17, 15) is 13.2 Å². The third-order valence-electron chi connectivity index (χ3n) is 1.43. The average Bonchev–Trinajstić information content (AvgIpc) is 1.87. The van der Waals surface area contributed by atoms with E-state index in [1.807, 2.05) is 0 Å². The molecule has 0 aromatic heterocycles. The van der Waals surface area contributed by atoms with Gasteiger partial charge in [-0.05, 0) is 13.0 Å². The first kappa shape index (κ1) is 8.10. The van der Waals surface area contributed by atoms with Gasteiger partial charge in [-0.15, -0.1) is 0 Å². The maximum atomic E-state index is 12.1. The molecule has 1 N–H and O–H groups in total. The molecule has 11 heavy (non-hydrogen) atoms. The summed E-state index contributed by atoms with van der Waals surface area (Å²) < 4.78 is 36.3. The van der Waals surface area contributed by atoms with Crippen LogP contribution in [0.2, 0.25) is 0 Å². The quantitative estimate of drug-likeness (QED) is 0.575. The maximum Gasteiger partial charge on any atom is 0.431 e. The molecule has 0 aliphatic carbocycles. The molecule has 62 valence electrons. The lowest BCUT2D eigenvalue weighted by Crippen LogP contribution is -2.51. The summed E-state index contributed by atoms with van der Waals surface area (Å²) in [4.78, 5) is 3.28. The molecule has 1 aliphatic heterocycles. The van der Waals surface area contributed by atoms with Gasteiger partial charge in [0.2, 0.25) is 5.66 Å². The highest BCUT2D eigenvalue weighted by Crippen LogP contribution is 2.31. The highest BCUT2D eigenvalue weighted by atomic mass is 19.4. The van der Waals surface area contributed by atoms with Crippen LogP contribution in [0.3, 0.4) is 0 Å². The smallest absolute Gasteiger partial charge is 0.360 e. The van der Waals surface area contributed by atoms with Crippen molar-refractivity contribution in [2.45, 2.75) is 18.8 Å². The summed E-state index contributed by atoms with van der Waals surface area (Å²) in [6.07, 6.45) is -0.591. The molecule has 0 spiro atoms. The average molecular weight is 164 g/mol.